The number of methoxy groups -OCH3 is 1. The maximum Gasteiger partial charge on any atom is 0.408 e. The van der Waals surface area contributed by atoms with E-state index in [4.69, 9.17) is 14.2 Å². The zero-order valence-corrected chi connectivity index (χ0v) is 17.2. The first kappa shape index (κ1) is 20.9. The van der Waals surface area contributed by atoms with Crippen molar-refractivity contribution in [2.24, 2.45) is 0 Å². The molecule has 2 aliphatic rings. The van der Waals surface area contributed by atoms with Gasteiger partial charge in [-0.05, 0) is 44.9 Å². The van der Waals surface area contributed by atoms with Gasteiger partial charge < -0.3 is 24.6 Å². The van der Waals surface area contributed by atoms with Gasteiger partial charge in [-0.1, -0.05) is 12.1 Å². The van der Waals surface area contributed by atoms with Crippen LogP contribution in [-0.4, -0.2) is 59.8 Å². The molecular formula is C21H32N2O5. The van der Waals surface area contributed by atoms with Gasteiger partial charge in [0.2, 0.25) is 0 Å². The molecule has 2 atom stereocenters. The molecule has 0 aromatic heterocycles. The molecule has 156 valence electrons. The van der Waals surface area contributed by atoms with E-state index in [2.05, 4.69) is 5.32 Å². The lowest BCUT2D eigenvalue weighted by Gasteiger charge is -2.49. The van der Waals surface area contributed by atoms with Crippen LogP contribution in [0.25, 0.3) is 0 Å². The molecule has 0 bridgehead atoms. The van der Waals surface area contributed by atoms with Crippen molar-refractivity contribution in [3.05, 3.63) is 29.8 Å². The largest absolute Gasteiger partial charge is 0.497 e. The van der Waals surface area contributed by atoms with Crippen LogP contribution in [-0.2, 0) is 16.0 Å². The van der Waals surface area contributed by atoms with E-state index in [1.54, 1.807) is 12.0 Å². The van der Waals surface area contributed by atoms with E-state index in [0.29, 0.717) is 26.2 Å². The molecule has 3 rings (SSSR count). The van der Waals surface area contributed by atoms with Gasteiger partial charge in [-0.15, -0.1) is 0 Å². The van der Waals surface area contributed by atoms with Crippen molar-refractivity contribution >= 4 is 6.09 Å². The molecule has 0 radical (unpaired) electrons. The second-order valence-electron chi connectivity index (χ2n) is 8.58. The molecule has 1 saturated carbocycles. The average molecular weight is 392 g/mol. The standard InChI is InChI=1S/C21H32N2O5/c1-20(2,3)23(19(24)25)18-13-21(27-11-12-28-21)10-9-17(18)22-14-15-5-7-16(26-4)8-6-15/h5-8,17-18,22H,9-14H2,1-4H3,(H,24,25). The summed E-state index contributed by atoms with van der Waals surface area (Å²) in [5.74, 6) is 0.170. The van der Waals surface area contributed by atoms with Gasteiger partial charge >= 0.3 is 6.09 Å². The Balaban J connectivity index is 1.77. The number of benzene rings is 1. The van der Waals surface area contributed by atoms with Gasteiger partial charge in [0.25, 0.3) is 0 Å². The van der Waals surface area contributed by atoms with Crippen LogP contribution in [0.5, 0.6) is 5.75 Å². The number of hydrogen-bond acceptors (Lipinski definition) is 5. The van der Waals surface area contributed by atoms with Crippen LogP contribution in [0.1, 0.15) is 45.6 Å². The van der Waals surface area contributed by atoms with Gasteiger partial charge in [-0.25, -0.2) is 4.79 Å². The van der Waals surface area contributed by atoms with Crippen molar-refractivity contribution in [2.75, 3.05) is 20.3 Å². The second kappa shape index (κ2) is 8.27. The summed E-state index contributed by atoms with van der Waals surface area (Å²) in [5, 5.41) is 13.5. The van der Waals surface area contributed by atoms with Crippen LogP contribution in [0.3, 0.4) is 0 Å². The Labute approximate surface area is 166 Å². The molecule has 28 heavy (non-hydrogen) atoms. The molecule has 1 spiro atoms. The Bertz CT molecular complexity index is 664. The van der Waals surface area contributed by atoms with Gasteiger partial charge in [0.1, 0.15) is 5.75 Å². The molecule has 7 nitrogen and oxygen atoms in total. The lowest BCUT2D eigenvalue weighted by atomic mass is 9.82. The number of carboxylic acid groups (broad SMARTS) is 1. The SMILES string of the molecule is COc1ccc(CNC2CCC3(CC2N(C(=O)O)C(C)(C)C)OCCO3)cc1. The van der Waals surface area contributed by atoms with Crippen LogP contribution in [0.4, 0.5) is 4.79 Å². The maximum absolute atomic E-state index is 12.1. The molecule has 1 aromatic rings. The predicted molar refractivity (Wildman–Crippen MR) is 106 cm³/mol. The van der Waals surface area contributed by atoms with Crippen molar-refractivity contribution in [1.29, 1.82) is 0 Å². The summed E-state index contributed by atoms with van der Waals surface area (Å²) in [6.07, 6.45) is 1.18. The van der Waals surface area contributed by atoms with Gasteiger partial charge in [-0.3, -0.25) is 4.90 Å². The molecule has 2 unspecified atom stereocenters. The lowest BCUT2D eigenvalue weighted by molar-refractivity contribution is -0.194. The molecule has 2 fully saturated rings. The fourth-order valence-corrected chi connectivity index (χ4v) is 4.32. The van der Waals surface area contributed by atoms with E-state index in [1.807, 2.05) is 45.0 Å². The minimum atomic E-state index is -0.913. The lowest BCUT2D eigenvalue weighted by Crippen LogP contribution is -2.63. The highest BCUT2D eigenvalue weighted by molar-refractivity contribution is 5.66. The number of ether oxygens (including phenoxy) is 3. The van der Waals surface area contributed by atoms with E-state index in [-0.39, 0.29) is 12.1 Å². The highest BCUT2D eigenvalue weighted by atomic mass is 16.7. The van der Waals surface area contributed by atoms with Crippen LogP contribution in [0, 0.1) is 0 Å². The fourth-order valence-electron chi connectivity index (χ4n) is 4.32. The Kier molecular flexibility index (Phi) is 6.17. The molecule has 1 aliphatic carbocycles. The van der Waals surface area contributed by atoms with E-state index in [1.165, 1.54) is 0 Å². The third-order valence-electron chi connectivity index (χ3n) is 5.62. The Hall–Kier alpha value is -1.83. The maximum atomic E-state index is 12.1. The quantitative estimate of drug-likeness (QED) is 0.801. The number of rotatable bonds is 5. The van der Waals surface area contributed by atoms with E-state index >= 15 is 0 Å². The zero-order valence-electron chi connectivity index (χ0n) is 17.2. The molecular weight excluding hydrogens is 360 g/mol. The van der Waals surface area contributed by atoms with Crippen LogP contribution >= 0.6 is 0 Å². The summed E-state index contributed by atoms with van der Waals surface area (Å²) in [5.41, 5.74) is 0.610. The zero-order chi connectivity index (χ0) is 20.4. The Morgan fingerprint density at radius 1 is 1.29 bits per heavy atom. The monoisotopic (exact) mass is 392 g/mol. The highest BCUT2D eigenvalue weighted by Crippen LogP contribution is 2.39. The first-order chi connectivity index (χ1) is 13.2. The molecule has 2 N–H and O–H groups in total. The average Bonchev–Trinajstić information content (AvgIpc) is 3.08. The third kappa shape index (κ3) is 4.59. The van der Waals surface area contributed by atoms with E-state index in [9.17, 15) is 9.90 Å². The van der Waals surface area contributed by atoms with Crippen LogP contribution in [0.15, 0.2) is 24.3 Å². The molecule has 1 saturated heterocycles. The fraction of sp³-hybridized carbons (Fsp3) is 0.667. The Morgan fingerprint density at radius 2 is 1.93 bits per heavy atom. The molecule has 1 amide bonds. The minimum Gasteiger partial charge on any atom is -0.497 e. The summed E-state index contributed by atoms with van der Waals surface area (Å²) in [6.45, 7) is 7.59. The smallest absolute Gasteiger partial charge is 0.408 e. The van der Waals surface area contributed by atoms with Crippen LogP contribution < -0.4 is 10.1 Å². The van der Waals surface area contributed by atoms with Crippen molar-refractivity contribution in [3.8, 4) is 5.75 Å². The minimum absolute atomic E-state index is 0.0239. The normalized spacial score (nSPS) is 24.3. The number of amides is 1. The van der Waals surface area contributed by atoms with Gasteiger partial charge in [-0.2, -0.15) is 0 Å². The summed E-state index contributed by atoms with van der Waals surface area (Å²) in [7, 11) is 1.65. The van der Waals surface area contributed by atoms with Gasteiger partial charge in [0.05, 0.1) is 26.4 Å². The number of hydrogen-bond donors (Lipinski definition) is 2. The molecule has 1 aromatic carbocycles. The van der Waals surface area contributed by atoms with Gasteiger partial charge in [0.15, 0.2) is 5.79 Å². The first-order valence-electron chi connectivity index (χ1n) is 9.91. The van der Waals surface area contributed by atoms with Gasteiger partial charge in [0, 0.05) is 31.0 Å². The third-order valence-corrected chi connectivity index (χ3v) is 5.62. The second-order valence-corrected chi connectivity index (χ2v) is 8.58. The number of nitrogens with one attached hydrogen (secondary N) is 1. The van der Waals surface area contributed by atoms with Crippen molar-refractivity contribution in [3.63, 3.8) is 0 Å². The highest BCUT2D eigenvalue weighted by Gasteiger charge is 2.49. The molecule has 7 heteroatoms. The summed E-state index contributed by atoms with van der Waals surface area (Å²) in [6, 6.07) is 7.70. The van der Waals surface area contributed by atoms with Crippen molar-refractivity contribution in [1.82, 2.24) is 10.2 Å². The first-order valence-corrected chi connectivity index (χ1v) is 9.91. The van der Waals surface area contributed by atoms with E-state index < -0.39 is 17.4 Å². The summed E-state index contributed by atoms with van der Waals surface area (Å²) < 4.78 is 17.0. The Morgan fingerprint density at radius 3 is 2.46 bits per heavy atom. The topological polar surface area (TPSA) is 80.3 Å². The summed E-state index contributed by atoms with van der Waals surface area (Å²) in [4.78, 5) is 13.7. The van der Waals surface area contributed by atoms with Crippen molar-refractivity contribution in [2.45, 2.75) is 70.0 Å². The van der Waals surface area contributed by atoms with E-state index in [0.717, 1.165) is 24.2 Å². The summed E-state index contributed by atoms with van der Waals surface area (Å²) >= 11 is 0. The van der Waals surface area contributed by atoms with Crippen molar-refractivity contribution < 1.29 is 24.1 Å². The predicted octanol–water partition coefficient (Wildman–Crippen LogP) is 3.23. The molecule has 1 heterocycles. The number of carbonyl (C=O) groups is 1. The molecule has 1 aliphatic heterocycles. The number of nitrogens with zero attached hydrogens (tertiary/aromatic N) is 1. The van der Waals surface area contributed by atoms with Crippen LogP contribution in [0.2, 0.25) is 0 Å².